The van der Waals surface area contributed by atoms with Crippen LogP contribution in [-0.2, 0) is 20.8 Å². The Hall–Kier alpha value is -3.68. The summed E-state index contributed by atoms with van der Waals surface area (Å²) in [6, 6.07) is 9.21. The smallest absolute Gasteiger partial charge is 0.262 e. The summed E-state index contributed by atoms with van der Waals surface area (Å²) in [7, 11) is 0. The van der Waals surface area contributed by atoms with Gasteiger partial charge in [-0.2, -0.15) is 0 Å². The van der Waals surface area contributed by atoms with Crippen LogP contribution < -0.4 is 20.7 Å². The van der Waals surface area contributed by atoms with Gasteiger partial charge in [0, 0.05) is 29.8 Å². The highest BCUT2D eigenvalue weighted by molar-refractivity contribution is 6.07. The maximum Gasteiger partial charge on any atom is 0.262 e. The van der Waals surface area contributed by atoms with E-state index >= 15 is 0 Å². The molecule has 0 spiro atoms. The van der Waals surface area contributed by atoms with E-state index in [1.54, 1.807) is 24.3 Å². The lowest BCUT2D eigenvalue weighted by atomic mass is 9.86. The molecule has 0 radical (unpaired) electrons. The molecule has 4 rings (SSSR count). The van der Waals surface area contributed by atoms with Gasteiger partial charge < -0.3 is 20.7 Å². The summed E-state index contributed by atoms with van der Waals surface area (Å²) in [6.07, 6.45) is 2.11. The van der Waals surface area contributed by atoms with Crippen LogP contribution in [0.15, 0.2) is 48.2 Å². The summed E-state index contributed by atoms with van der Waals surface area (Å²) in [5.41, 5.74) is 2.91. The Labute approximate surface area is 172 Å². The molecule has 3 amide bonds. The van der Waals surface area contributed by atoms with Gasteiger partial charge >= 0.3 is 0 Å². The largest absolute Gasteiger partial charge is 0.482 e. The number of carbonyl (C=O) groups is 3. The van der Waals surface area contributed by atoms with Crippen molar-refractivity contribution in [1.82, 2.24) is 5.32 Å². The van der Waals surface area contributed by atoms with Crippen LogP contribution in [0.2, 0.25) is 0 Å². The highest BCUT2D eigenvalue weighted by atomic mass is 19.1. The van der Waals surface area contributed by atoms with Gasteiger partial charge in [0.25, 0.3) is 11.8 Å². The average molecular weight is 409 g/mol. The van der Waals surface area contributed by atoms with Crippen molar-refractivity contribution in [2.24, 2.45) is 0 Å². The van der Waals surface area contributed by atoms with Gasteiger partial charge in [0.1, 0.15) is 11.6 Å². The van der Waals surface area contributed by atoms with E-state index in [0.29, 0.717) is 34.7 Å². The maximum atomic E-state index is 13.3. The second-order valence-corrected chi connectivity index (χ2v) is 7.13. The molecule has 154 valence electrons. The lowest BCUT2D eigenvalue weighted by Gasteiger charge is -2.25. The fraction of sp³-hybridized carbons (Fsp3) is 0.227. The number of halogens is 1. The number of rotatable bonds is 4. The van der Waals surface area contributed by atoms with Crippen LogP contribution in [0.5, 0.6) is 5.75 Å². The molecule has 0 saturated carbocycles. The van der Waals surface area contributed by atoms with Gasteiger partial charge in [-0.1, -0.05) is 19.1 Å². The Bertz CT molecular complexity index is 1060. The van der Waals surface area contributed by atoms with E-state index < -0.39 is 5.92 Å². The molecule has 2 aromatic rings. The highest BCUT2D eigenvalue weighted by Gasteiger charge is 2.29. The second-order valence-electron chi connectivity index (χ2n) is 7.13. The lowest BCUT2D eigenvalue weighted by molar-refractivity contribution is -0.121. The van der Waals surface area contributed by atoms with Crippen molar-refractivity contribution in [3.05, 3.63) is 65.1 Å². The molecule has 0 aromatic heterocycles. The van der Waals surface area contributed by atoms with E-state index in [9.17, 15) is 18.8 Å². The standard InChI is InChI=1S/C22H20FN3O4/c1-2-12-7-19-18(25-21(28)11-30-19)9-17(12)26-22(29)16-10-24-20(27)8-15(16)13-3-5-14(23)6-4-13/h3-7,9-10,15H,2,8,11H2,1H3,(H,24,27)(H,25,28)(H,26,29)/t15-/m0/s1. The van der Waals surface area contributed by atoms with Crippen molar-refractivity contribution < 1.29 is 23.5 Å². The summed E-state index contributed by atoms with van der Waals surface area (Å²) < 4.78 is 18.7. The maximum absolute atomic E-state index is 13.3. The number of ether oxygens (including phenoxy) is 1. The number of aryl methyl sites for hydroxylation is 1. The molecule has 8 heteroatoms. The SMILES string of the molecule is CCc1cc2c(cc1NC(=O)C1=CNC(=O)C[C@H]1c1ccc(F)cc1)NC(=O)CO2. The molecule has 2 aliphatic rings. The van der Waals surface area contributed by atoms with Gasteiger partial charge in [-0.05, 0) is 41.8 Å². The number of hydrogen-bond acceptors (Lipinski definition) is 4. The Morgan fingerprint density at radius 2 is 1.97 bits per heavy atom. The zero-order chi connectivity index (χ0) is 21.3. The number of amides is 3. The Morgan fingerprint density at radius 3 is 2.70 bits per heavy atom. The number of hydrogen-bond donors (Lipinski definition) is 3. The average Bonchev–Trinajstić information content (AvgIpc) is 2.73. The van der Waals surface area contributed by atoms with E-state index in [1.165, 1.54) is 18.3 Å². The number of anilines is 2. The number of carbonyl (C=O) groups excluding carboxylic acids is 3. The quantitative estimate of drug-likeness (QED) is 0.724. The topological polar surface area (TPSA) is 96.5 Å². The van der Waals surface area contributed by atoms with Crippen LogP contribution in [0.1, 0.15) is 30.4 Å². The third-order valence-corrected chi connectivity index (χ3v) is 5.16. The normalized spacial score (nSPS) is 17.8. The first-order valence-corrected chi connectivity index (χ1v) is 9.60. The van der Waals surface area contributed by atoms with Crippen LogP contribution in [0.3, 0.4) is 0 Å². The number of benzene rings is 2. The van der Waals surface area contributed by atoms with E-state index in [0.717, 1.165) is 5.56 Å². The molecule has 0 unspecified atom stereocenters. The molecule has 0 aliphatic carbocycles. The lowest BCUT2D eigenvalue weighted by Crippen LogP contribution is -2.32. The van der Waals surface area contributed by atoms with Gasteiger partial charge in [0.15, 0.2) is 6.61 Å². The van der Waals surface area contributed by atoms with Crippen LogP contribution >= 0.6 is 0 Å². The Kier molecular flexibility index (Phi) is 5.22. The summed E-state index contributed by atoms with van der Waals surface area (Å²) in [6.45, 7) is 1.90. The van der Waals surface area contributed by atoms with Gasteiger partial charge in [-0.3, -0.25) is 14.4 Å². The van der Waals surface area contributed by atoms with Crippen molar-refractivity contribution >= 4 is 29.1 Å². The molecule has 0 saturated heterocycles. The second kappa shape index (κ2) is 7.98. The summed E-state index contributed by atoms with van der Waals surface area (Å²) in [5, 5.41) is 8.19. The number of fused-ring (bicyclic) bond motifs is 1. The molecule has 0 fully saturated rings. The molecule has 0 bridgehead atoms. The fourth-order valence-electron chi connectivity index (χ4n) is 3.60. The first-order chi connectivity index (χ1) is 14.4. The minimum atomic E-state index is -0.495. The molecule has 2 aliphatic heterocycles. The Balaban J connectivity index is 1.63. The van der Waals surface area contributed by atoms with E-state index in [2.05, 4.69) is 16.0 Å². The van der Waals surface area contributed by atoms with E-state index in [-0.39, 0.29) is 36.6 Å². The molecule has 7 nitrogen and oxygen atoms in total. The molecule has 3 N–H and O–H groups in total. The monoisotopic (exact) mass is 409 g/mol. The van der Waals surface area contributed by atoms with E-state index in [4.69, 9.17) is 4.74 Å². The zero-order valence-corrected chi connectivity index (χ0v) is 16.3. The zero-order valence-electron chi connectivity index (χ0n) is 16.3. The summed E-state index contributed by atoms with van der Waals surface area (Å²) in [5.74, 6) is -1.20. The van der Waals surface area contributed by atoms with Crippen molar-refractivity contribution in [1.29, 1.82) is 0 Å². The molecular formula is C22H20FN3O4. The predicted molar refractivity (Wildman–Crippen MR) is 109 cm³/mol. The highest BCUT2D eigenvalue weighted by Crippen LogP contribution is 2.36. The summed E-state index contributed by atoms with van der Waals surface area (Å²) in [4.78, 5) is 36.6. The molecule has 2 heterocycles. The third kappa shape index (κ3) is 3.89. The van der Waals surface area contributed by atoms with Crippen molar-refractivity contribution in [3.63, 3.8) is 0 Å². The van der Waals surface area contributed by atoms with Gasteiger partial charge in [-0.25, -0.2) is 4.39 Å². The molecule has 2 aromatic carbocycles. The predicted octanol–water partition coefficient (Wildman–Crippen LogP) is 2.85. The van der Waals surface area contributed by atoms with Crippen molar-refractivity contribution in [2.45, 2.75) is 25.7 Å². The first kappa shape index (κ1) is 19.6. The summed E-state index contributed by atoms with van der Waals surface area (Å²) >= 11 is 0. The van der Waals surface area contributed by atoms with Gasteiger partial charge in [-0.15, -0.1) is 0 Å². The van der Waals surface area contributed by atoms with Gasteiger partial charge in [0.2, 0.25) is 5.91 Å². The van der Waals surface area contributed by atoms with Crippen LogP contribution in [0, 0.1) is 5.82 Å². The minimum absolute atomic E-state index is 0.0478. The number of nitrogens with one attached hydrogen (secondary N) is 3. The third-order valence-electron chi connectivity index (χ3n) is 5.16. The minimum Gasteiger partial charge on any atom is -0.482 e. The van der Waals surface area contributed by atoms with Crippen molar-refractivity contribution in [3.8, 4) is 5.75 Å². The first-order valence-electron chi connectivity index (χ1n) is 9.60. The van der Waals surface area contributed by atoms with Crippen LogP contribution in [0.4, 0.5) is 15.8 Å². The van der Waals surface area contributed by atoms with E-state index in [1.807, 2.05) is 6.92 Å². The molecule has 1 atom stereocenters. The molecular weight excluding hydrogens is 389 g/mol. The Morgan fingerprint density at radius 1 is 1.20 bits per heavy atom. The van der Waals surface area contributed by atoms with Crippen molar-refractivity contribution in [2.75, 3.05) is 17.2 Å². The van der Waals surface area contributed by atoms with Crippen LogP contribution in [0.25, 0.3) is 0 Å². The van der Waals surface area contributed by atoms with Gasteiger partial charge in [0.05, 0.1) is 5.69 Å². The fourth-order valence-corrected chi connectivity index (χ4v) is 3.60. The van der Waals surface area contributed by atoms with Crippen LogP contribution in [-0.4, -0.2) is 24.3 Å². The molecule has 30 heavy (non-hydrogen) atoms.